The monoisotopic (exact) mass is 412 g/mol. The first-order valence-electron chi connectivity index (χ1n) is 10.2. The third kappa shape index (κ3) is 5.73. The van der Waals surface area contributed by atoms with Gasteiger partial charge in [-0.2, -0.15) is 0 Å². The maximum atomic E-state index is 12.6. The van der Waals surface area contributed by atoms with E-state index in [1.54, 1.807) is 32.4 Å². The third-order valence-electron chi connectivity index (χ3n) is 5.39. The molecule has 0 unspecified atom stereocenters. The molecular weight excluding hydrogens is 382 g/mol. The number of hydrogen-bond donors (Lipinski definition) is 3. The number of methoxy groups -OCH3 is 2. The zero-order chi connectivity index (χ0) is 21.5. The fourth-order valence-corrected chi connectivity index (χ4v) is 3.75. The van der Waals surface area contributed by atoms with Crippen LogP contribution < -0.4 is 25.0 Å². The van der Waals surface area contributed by atoms with Crippen molar-refractivity contribution in [2.75, 3.05) is 39.2 Å². The van der Waals surface area contributed by atoms with E-state index in [1.165, 1.54) is 4.90 Å². The van der Waals surface area contributed by atoms with Crippen molar-refractivity contribution in [1.29, 1.82) is 0 Å². The number of carbonyl (C=O) groups excluding carboxylic acids is 2. The van der Waals surface area contributed by atoms with Crippen LogP contribution in [0.5, 0.6) is 11.5 Å². The lowest BCUT2D eigenvalue weighted by molar-refractivity contribution is -0.897. The van der Waals surface area contributed by atoms with E-state index in [9.17, 15) is 9.59 Å². The highest BCUT2D eigenvalue weighted by molar-refractivity contribution is 5.95. The number of hydrogen-bond acceptors (Lipinski definition) is 4. The van der Waals surface area contributed by atoms with Gasteiger partial charge in [0.1, 0.15) is 0 Å². The molecule has 3 rings (SSSR count). The van der Waals surface area contributed by atoms with Crippen molar-refractivity contribution in [1.82, 2.24) is 5.32 Å². The van der Waals surface area contributed by atoms with Crippen molar-refractivity contribution in [2.24, 2.45) is 0 Å². The van der Waals surface area contributed by atoms with Crippen molar-refractivity contribution in [3.05, 3.63) is 53.6 Å². The SMILES string of the molecule is COc1ccc(C(=O)NC2CC[NH+](CC(=O)Nc3cccc(C)c3)CC2)cc1OC. The Morgan fingerprint density at radius 2 is 1.77 bits per heavy atom. The second-order valence-electron chi connectivity index (χ2n) is 7.66. The second-order valence-corrected chi connectivity index (χ2v) is 7.66. The molecule has 0 saturated carbocycles. The topological polar surface area (TPSA) is 81.1 Å². The summed E-state index contributed by atoms with van der Waals surface area (Å²) in [4.78, 5) is 26.2. The fraction of sp³-hybridized carbons (Fsp3) is 0.391. The Hall–Kier alpha value is -3.06. The molecule has 1 saturated heterocycles. The van der Waals surface area contributed by atoms with Gasteiger partial charge in [-0.15, -0.1) is 0 Å². The van der Waals surface area contributed by atoms with Crippen molar-refractivity contribution in [2.45, 2.75) is 25.8 Å². The predicted octanol–water partition coefficient (Wildman–Crippen LogP) is 1.43. The Balaban J connectivity index is 1.46. The molecule has 1 aliphatic heterocycles. The number of anilines is 1. The largest absolute Gasteiger partial charge is 0.493 e. The van der Waals surface area contributed by atoms with Gasteiger partial charge in [-0.3, -0.25) is 9.59 Å². The average Bonchev–Trinajstić information content (AvgIpc) is 2.74. The van der Waals surface area contributed by atoms with Crippen molar-refractivity contribution < 1.29 is 24.0 Å². The molecule has 0 radical (unpaired) electrons. The van der Waals surface area contributed by atoms with Crippen LogP contribution in [-0.4, -0.2) is 51.7 Å². The number of benzene rings is 2. The van der Waals surface area contributed by atoms with Gasteiger partial charge in [0.15, 0.2) is 18.0 Å². The highest BCUT2D eigenvalue weighted by Gasteiger charge is 2.25. The molecule has 0 aliphatic carbocycles. The van der Waals surface area contributed by atoms with Crippen molar-refractivity contribution in [3.8, 4) is 11.5 Å². The zero-order valence-electron chi connectivity index (χ0n) is 17.8. The molecule has 0 bridgehead atoms. The van der Waals surface area contributed by atoms with Gasteiger partial charge in [0.05, 0.1) is 27.3 Å². The van der Waals surface area contributed by atoms with Gasteiger partial charge < -0.3 is 25.0 Å². The zero-order valence-corrected chi connectivity index (χ0v) is 17.8. The van der Waals surface area contributed by atoms with E-state index in [2.05, 4.69) is 10.6 Å². The molecule has 3 N–H and O–H groups in total. The molecule has 160 valence electrons. The van der Waals surface area contributed by atoms with E-state index in [1.807, 2.05) is 31.2 Å². The lowest BCUT2D eigenvalue weighted by Crippen LogP contribution is -3.14. The minimum Gasteiger partial charge on any atom is -0.493 e. The molecule has 0 aromatic heterocycles. The molecule has 7 heteroatoms. The van der Waals surface area contributed by atoms with E-state index < -0.39 is 0 Å². The predicted molar refractivity (Wildman–Crippen MR) is 115 cm³/mol. The Morgan fingerprint density at radius 1 is 1.03 bits per heavy atom. The number of carbonyl (C=O) groups is 2. The molecule has 0 atom stereocenters. The molecule has 1 aliphatic rings. The van der Waals surface area contributed by atoms with Gasteiger partial charge in [-0.1, -0.05) is 12.1 Å². The van der Waals surface area contributed by atoms with Crippen LogP contribution in [0.2, 0.25) is 0 Å². The average molecular weight is 413 g/mol. The van der Waals surface area contributed by atoms with Crippen molar-refractivity contribution >= 4 is 17.5 Å². The summed E-state index contributed by atoms with van der Waals surface area (Å²) in [5.41, 5.74) is 2.49. The van der Waals surface area contributed by atoms with Gasteiger partial charge >= 0.3 is 0 Å². The highest BCUT2D eigenvalue weighted by atomic mass is 16.5. The number of piperidine rings is 1. The van der Waals surface area contributed by atoms with E-state index in [4.69, 9.17) is 9.47 Å². The summed E-state index contributed by atoms with van der Waals surface area (Å²) in [6, 6.07) is 13.0. The first-order chi connectivity index (χ1) is 14.5. The molecular formula is C23H30N3O4+. The Labute approximate surface area is 177 Å². The number of aryl methyl sites for hydroxylation is 1. The number of rotatable bonds is 7. The van der Waals surface area contributed by atoms with Gasteiger partial charge in [0.25, 0.3) is 11.8 Å². The quantitative estimate of drug-likeness (QED) is 0.643. The molecule has 0 spiro atoms. The van der Waals surface area contributed by atoms with Crippen LogP contribution in [0.3, 0.4) is 0 Å². The standard InChI is InChI=1S/C23H29N3O4/c1-16-5-4-6-19(13-16)24-22(27)15-26-11-9-18(10-12-26)25-23(28)17-7-8-20(29-2)21(14-17)30-3/h4-8,13-14,18H,9-12,15H2,1-3H3,(H,24,27)(H,25,28)/p+1. The summed E-state index contributed by atoms with van der Waals surface area (Å²) in [6.45, 7) is 4.13. The van der Waals surface area contributed by atoms with Crippen molar-refractivity contribution in [3.63, 3.8) is 0 Å². The lowest BCUT2D eigenvalue weighted by atomic mass is 10.0. The van der Waals surface area contributed by atoms with E-state index in [0.29, 0.717) is 23.6 Å². The fourth-order valence-electron chi connectivity index (χ4n) is 3.75. The van der Waals surface area contributed by atoms with Crippen LogP contribution in [0.25, 0.3) is 0 Å². The highest BCUT2D eigenvalue weighted by Crippen LogP contribution is 2.27. The summed E-state index contributed by atoms with van der Waals surface area (Å²) in [5, 5.41) is 6.06. The number of nitrogens with one attached hydrogen (secondary N) is 3. The van der Waals surface area contributed by atoms with E-state index >= 15 is 0 Å². The summed E-state index contributed by atoms with van der Waals surface area (Å²) >= 11 is 0. The minimum absolute atomic E-state index is 0.0170. The van der Waals surface area contributed by atoms with Crippen LogP contribution in [-0.2, 0) is 4.79 Å². The normalized spacial score (nSPS) is 18.4. The van der Waals surface area contributed by atoms with Gasteiger partial charge in [0, 0.05) is 30.1 Å². The number of likely N-dealkylation sites (tertiary alicyclic amines) is 1. The summed E-state index contributed by atoms with van der Waals surface area (Å²) < 4.78 is 10.5. The van der Waals surface area contributed by atoms with E-state index in [-0.39, 0.29) is 17.9 Å². The van der Waals surface area contributed by atoms with Crippen LogP contribution in [0.1, 0.15) is 28.8 Å². The maximum Gasteiger partial charge on any atom is 0.279 e. The van der Waals surface area contributed by atoms with Crippen LogP contribution >= 0.6 is 0 Å². The molecule has 30 heavy (non-hydrogen) atoms. The van der Waals surface area contributed by atoms with Crippen LogP contribution in [0.15, 0.2) is 42.5 Å². The number of quaternary nitrogens is 1. The van der Waals surface area contributed by atoms with E-state index in [0.717, 1.165) is 37.2 Å². The molecule has 1 heterocycles. The van der Waals surface area contributed by atoms with Gasteiger partial charge in [-0.05, 0) is 42.8 Å². The molecule has 2 amide bonds. The number of ether oxygens (including phenoxy) is 2. The van der Waals surface area contributed by atoms with Crippen LogP contribution in [0, 0.1) is 6.92 Å². The summed E-state index contributed by atoms with van der Waals surface area (Å²) in [6.07, 6.45) is 1.68. The minimum atomic E-state index is -0.124. The molecule has 2 aromatic carbocycles. The van der Waals surface area contributed by atoms with Gasteiger partial charge in [0.2, 0.25) is 0 Å². The lowest BCUT2D eigenvalue weighted by Gasteiger charge is -2.29. The Bertz CT molecular complexity index is 892. The second kappa shape index (κ2) is 10.1. The molecule has 1 fully saturated rings. The summed E-state index contributed by atoms with van der Waals surface area (Å²) in [7, 11) is 3.11. The van der Waals surface area contributed by atoms with Crippen LogP contribution in [0.4, 0.5) is 5.69 Å². The number of amides is 2. The molecule has 2 aromatic rings. The Kier molecular flexibility index (Phi) is 7.30. The maximum absolute atomic E-state index is 12.6. The first kappa shape index (κ1) is 21.6. The summed E-state index contributed by atoms with van der Waals surface area (Å²) in [5.74, 6) is 1.02. The first-order valence-corrected chi connectivity index (χ1v) is 10.2. The van der Waals surface area contributed by atoms with Gasteiger partial charge in [-0.25, -0.2) is 0 Å². The third-order valence-corrected chi connectivity index (χ3v) is 5.39. The smallest absolute Gasteiger partial charge is 0.279 e. The Morgan fingerprint density at radius 3 is 2.43 bits per heavy atom. The molecule has 7 nitrogen and oxygen atoms in total.